The van der Waals surface area contributed by atoms with Crippen molar-refractivity contribution in [2.24, 2.45) is 5.92 Å². The van der Waals surface area contributed by atoms with Gasteiger partial charge in [-0.05, 0) is 70.3 Å². The van der Waals surface area contributed by atoms with Crippen LogP contribution < -0.4 is 5.32 Å². The highest BCUT2D eigenvalue weighted by Crippen LogP contribution is 2.22. The number of alkyl carbamates (subject to hydrolysis) is 1. The van der Waals surface area contributed by atoms with Gasteiger partial charge in [-0.3, -0.25) is 4.90 Å². The molecule has 8 heteroatoms. The first kappa shape index (κ1) is 20.6. The van der Waals surface area contributed by atoms with E-state index in [-0.39, 0.29) is 6.09 Å². The molecule has 0 saturated carbocycles. The van der Waals surface area contributed by atoms with E-state index in [1.54, 1.807) is 12.1 Å². The van der Waals surface area contributed by atoms with Crippen LogP contribution in [0.1, 0.15) is 39.5 Å². The maximum Gasteiger partial charge on any atom is 0.407 e. The first-order chi connectivity index (χ1) is 13.3. The van der Waals surface area contributed by atoms with E-state index >= 15 is 0 Å². The number of hydrogen-bond acceptors (Lipinski definition) is 6. The van der Waals surface area contributed by atoms with E-state index in [0.717, 1.165) is 31.5 Å². The van der Waals surface area contributed by atoms with Crippen LogP contribution in [0, 0.1) is 5.92 Å². The highest BCUT2D eigenvalue weighted by molar-refractivity contribution is 6.30. The van der Waals surface area contributed by atoms with Crippen LogP contribution in [-0.2, 0) is 11.3 Å². The molecule has 1 N–H and O–H groups in total. The molecule has 1 saturated heterocycles. The van der Waals surface area contributed by atoms with Crippen LogP contribution in [0.4, 0.5) is 4.79 Å². The fraction of sp³-hybridized carbons (Fsp3) is 0.550. The first-order valence-corrected chi connectivity index (χ1v) is 9.94. The Kier molecular flexibility index (Phi) is 6.57. The van der Waals surface area contributed by atoms with Gasteiger partial charge in [0.2, 0.25) is 11.8 Å². The molecule has 0 aliphatic carbocycles. The van der Waals surface area contributed by atoms with Gasteiger partial charge in [0.15, 0.2) is 0 Å². The zero-order valence-electron chi connectivity index (χ0n) is 16.6. The molecule has 0 spiro atoms. The summed E-state index contributed by atoms with van der Waals surface area (Å²) in [5, 5.41) is 11.8. The Morgan fingerprint density at radius 2 is 2.07 bits per heavy atom. The zero-order chi connectivity index (χ0) is 20.1. The van der Waals surface area contributed by atoms with E-state index in [1.165, 1.54) is 0 Å². The van der Waals surface area contributed by atoms with Gasteiger partial charge in [-0.15, -0.1) is 10.2 Å². The average molecular weight is 407 g/mol. The number of carbonyl (C=O) groups is 1. The minimum absolute atomic E-state index is 0.367. The number of aromatic nitrogens is 2. The first-order valence-electron chi connectivity index (χ1n) is 9.56. The second-order valence-corrected chi connectivity index (χ2v) is 8.57. The lowest BCUT2D eigenvalue weighted by Gasteiger charge is -2.32. The highest BCUT2D eigenvalue weighted by Gasteiger charge is 2.23. The molecule has 0 radical (unpaired) electrons. The van der Waals surface area contributed by atoms with Gasteiger partial charge < -0.3 is 14.5 Å². The van der Waals surface area contributed by atoms with Crippen LogP contribution in [-0.4, -0.2) is 46.4 Å². The van der Waals surface area contributed by atoms with E-state index < -0.39 is 5.60 Å². The van der Waals surface area contributed by atoms with Crippen LogP contribution in [0.15, 0.2) is 28.7 Å². The van der Waals surface area contributed by atoms with Crippen LogP contribution in [0.3, 0.4) is 0 Å². The number of hydrogen-bond donors (Lipinski definition) is 1. The van der Waals surface area contributed by atoms with Gasteiger partial charge in [-0.25, -0.2) is 4.79 Å². The Balaban J connectivity index is 1.50. The number of piperidine rings is 1. The maximum absolute atomic E-state index is 11.8. The number of halogens is 1. The molecule has 1 aliphatic heterocycles. The Bertz CT molecular complexity index is 785. The molecular formula is C20H27ClN4O3. The molecule has 2 heterocycles. The topological polar surface area (TPSA) is 80.5 Å². The van der Waals surface area contributed by atoms with E-state index in [4.69, 9.17) is 20.8 Å². The highest BCUT2D eigenvalue weighted by atomic mass is 35.5. The van der Waals surface area contributed by atoms with Crippen LogP contribution in [0.2, 0.25) is 5.02 Å². The quantitative estimate of drug-likeness (QED) is 0.804. The predicted molar refractivity (Wildman–Crippen MR) is 107 cm³/mol. The third-order valence-electron chi connectivity index (χ3n) is 4.45. The molecule has 3 rings (SSSR count). The second-order valence-electron chi connectivity index (χ2n) is 8.13. The number of rotatable bonds is 5. The molecular weight excluding hydrogens is 380 g/mol. The summed E-state index contributed by atoms with van der Waals surface area (Å²) in [7, 11) is 0. The summed E-state index contributed by atoms with van der Waals surface area (Å²) >= 11 is 5.92. The molecule has 1 fully saturated rings. The van der Waals surface area contributed by atoms with Gasteiger partial charge >= 0.3 is 6.09 Å². The Hall–Kier alpha value is -2.12. The lowest BCUT2D eigenvalue weighted by Crippen LogP contribution is -2.41. The van der Waals surface area contributed by atoms with E-state index in [2.05, 4.69) is 20.4 Å². The molecule has 2 aromatic rings. The van der Waals surface area contributed by atoms with Crippen molar-refractivity contribution in [3.8, 4) is 11.5 Å². The van der Waals surface area contributed by atoms with Gasteiger partial charge in [-0.2, -0.15) is 0 Å². The molecule has 152 valence electrons. The lowest BCUT2D eigenvalue weighted by atomic mass is 9.98. The van der Waals surface area contributed by atoms with Crippen molar-refractivity contribution < 1.29 is 13.9 Å². The summed E-state index contributed by atoms with van der Waals surface area (Å²) < 4.78 is 11.1. The number of ether oxygens (including phenoxy) is 1. The molecule has 1 amide bonds. The van der Waals surface area contributed by atoms with Crippen molar-refractivity contribution in [3.05, 3.63) is 35.2 Å². The summed E-state index contributed by atoms with van der Waals surface area (Å²) in [5.41, 5.74) is 0.365. The predicted octanol–water partition coefficient (Wildman–Crippen LogP) is 4.13. The third kappa shape index (κ3) is 6.21. The lowest BCUT2D eigenvalue weighted by molar-refractivity contribution is 0.0504. The van der Waals surface area contributed by atoms with Crippen molar-refractivity contribution in [1.82, 2.24) is 20.4 Å². The minimum atomic E-state index is -0.484. The molecule has 1 unspecified atom stereocenters. The third-order valence-corrected chi connectivity index (χ3v) is 4.71. The zero-order valence-corrected chi connectivity index (χ0v) is 17.3. The molecule has 1 aromatic carbocycles. The molecule has 7 nitrogen and oxygen atoms in total. The monoisotopic (exact) mass is 406 g/mol. The molecule has 1 atom stereocenters. The molecule has 1 aliphatic rings. The number of likely N-dealkylation sites (tertiary alicyclic amines) is 1. The second kappa shape index (κ2) is 8.92. The van der Waals surface area contributed by atoms with Crippen molar-refractivity contribution in [2.45, 2.75) is 45.8 Å². The summed E-state index contributed by atoms with van der Waals surface area (Å²) in [6, 6.07) is 7.32. The molecule has 0 bridgehead atoms. The number of carbonyl (C=O) groups excluding carboxylic acids is 1. The largest absolute Gasteiger partial charge is 0.444 e. The smallest absolute Gasteiger partial charge is 0.407 e. The van der Waals surface area contributed by atoms with Crippen LogP contribution in [0.5, 0.6) is 0 Å². The van der Waals surface area contributed by atoms with Gasteiger partial charge in [-0.1, -0.05) is 11.6 Å². The van der Waals surface area contributed by atoms with Crippen LogP contribution >= 0.6 is 11.6 Å². The number of nitrogens with one attached hydrogen (secondary N) is 1. The molecule has 1 aromatic heterocycles. The standard InChI is InChI=1S/C20H27ClN4O3/c1-20(2,3)28-19(26)22-11-14-5-4-10-25(12-14)13-17-23-24-18(27-17)15-6-8-16(21)9-7-15/h6-9,14H,4-5,10-13H2,1-3H3,(H,22,26). The number of nitrogens with zero attached hydrogens (tertiary/aromatic N) is 3. The SMILES string of the molecule is CC(C)(C)OC(=O)NCC1CCCN(Cc2nnc(-c3ccc(Cl)cc3)o2)C1. The Morgan fingerprint density at radius 3 is 2.79 bits per heavy atom. The maximum atomic E-state index is 11.8. The Labute approximate surface area is 170 Å². The summed E-state index contributed by atoms with van der Waals surface area (Å²) in [6.07, 6.45) is 1.78. The minimum Gasteiger partial charge on any atom is -0.444 e. The van der Waals surface area contributed by atoms with Gasteiger partial charge in [0.1, 0.15) is 5.60 Å². The van der Waals surface area contributed by atoms with E-state index in [9.17, 15) is 4.79 Å². The summed E-state index contributed by atoms with van der Waals surface area (Å²) in [4.78, 5) is 14.1. The van der Waals surface area contributed by atoms with E-state index in [0.29, 0.717) is 35.8 Å². The summed E-state index contributed by atoms with van der Waals surface area (Å²) in [5.74, 6) is 1.46. The van der Waals surface area contributed by atoms with Gasteiger partial charge in [0, 0.05) is 23.7 Å². The van der Waals surface area contributed by atoms with Crippen LogP contribution in [0.25, 0.3) is 11.5 Å². The van der Waals surface area contributed by atoms with Gasteiger partial charge in [0.05, 0.1) is 6.54 Å². The number of amides is 1. The average Bonchev–Trinajstić information content (AvgIpc) is 3.08. The molecule has 28 heavy (non-hydrogen) atoms. The fourth-order valence-corrected chi connectivity index (χ4v) is 3.35. The summed E-state index contributed by atoms with van der Waals surface area (Å²) in [6.45, 7) is 8.62. The number of benzene rings is 1. The van der Waals surface area contributed by atoms with Crippen molar-refractivity contribution in [3.63, 3.8) is 0 Å². The van der Waals surface area contributed by atoms with Gasteiger partial charge in [0.25, 0.3) is 0 Å². The van der Waals surface area contributed by atoms with E-state index in [1.807, 2.05) is 32.9 Å². The van der Waals surface area contributed by atoms with Crippen molar-refractivity contribution >= 4 is 17.7 Å². The van der Waals surface area contributed by atoms with Crippen molar-refractivity contribution in [2.75, 3.05) is 19.6 Å². The Morgan fingerprint density at radius 1 is 1.32 bits per heavy atom. The van der Waals surface area contributed by atoms with Crippen molar-refractivity contribution in [1.29, 1.82) is 0 Å². The normalized spacial score (nSPS) is 18.1. The fourth-order valence-electron chi connectivity index (χ4n) is 3.22.